The fourth-order valence-electron chi connectivity index (χ4n) is 24.3. The van der Waals surface area contributed by atoms with Crippen molar-refractivity contribution in [3.8, 4) is 22.5 Å². The number of fused-ring (bicyclic) bond motifs is 13. The number of carbonyl (C=O) groups excluding carboxylic acids is 9. The van der Waals surface area contributed by atoms with Gasteiger partial charge in [-0.25, -0.2) is 23.7 Å². The molecule has 2 saturated heterocycles. The van der Waals surface area contributed by atoms with Crippen LogP contribution in [0.15, 0.2) is 48.8 Å². The summed E-state index contributed by atoms with van der Waals surface area (Å²) < 4.78 is 23.5. The molecule has 15 rings (SSSR count). The number of nitrogens with one attached hydrogen (secondary N) is 1. The second-order valence-electron chi connectivity index (χ2n) is 36.3. The molecule has 18 atom stereocenters. The van der Waals surface area contributed by atoms with E-state index in [-0.39, 0.29) is 104 Å². The van der Waals surface area contributed by atoms with Crippen LogP contribution in [-0.4, -0.2) is 123 Å². The Balaban J connectivity index is 0.550. The van der Waals surface area contributed by atoms with E-state index in [0.717, 1.165) is 97.1 Å². The lowest BCUT2D eigenvalue weighted by molar-refractivity contribution is -0.197. The van der Waals surface area contributed by atoms with Gasteiger partial charge in [-0.3, -0.25) is 28.8 Å². The molecule has 8 aliphatic carbocycles. The molecule has 107 heavy (non-hydrogen) atoms. The molecule has 5 aromatic rings. The molecule has 576 valence electrons. The Hall–Kier alpha value is -8.05. The predicted molar refractivity (Wildman–Crippen MR) is 393 cm³/mol. The number of alkyl carbamates (subject to hydrolysis) is 1. The van der Waals surface area contributed by atoms with Crippen molar-refractivity contribution in [2.24, 2.45) is 92.7 Å². The van der Waals surface area contributed by atoms with Crippen molar-refractivity contribution in [3.05, 3.63) is 48.8 Å². The number of nitrogens with zero attached hydrogens (tertiary/aromatic N) is 9. The smallest absolute Gasteiger partial charge is 0.407 e. The largest absolute Gasteiger partial charge is 0.461 e. The van der Waals surface area contributed by atoms with Crippen LogP contribution >= 0.6 is 0 Å². The summed E-state index contributed by atoms with van der Waals surface area (Å²) in [5.74, 6) is 2.87. The summed E-state index contributed by atoms with van der Waals surface area (Å²) in [5, 5.41) is 24.2. The van der Waals surface area contributed by atoms with Gasteiger partial charge in [0.25, 0.3) is 23.6 Å². The molecule has 0 spiro atoms. The van der Waals surface area contributed by atoms with Gasteiger partial charge in [0.05, 0.1) is 12.4 Å². The predicted octanol–water partition coefficient (Wildman–Crippen LogP) is 14.0. The van der Waals surface area contributed by atoms with Crippen LogP contribution in [0.5, 0.6) is 0 Å². The molecule has 10 fully saturated rings. The summed E-state index contributed by atoms with van der Waals surface area (Å²) in [4.78, 5) is 125. The topological polar surface area (TPSA) is 285 Å². The van der Waals surface area contributed by atoms with Crippen molar-refractivity contribution >= 4 is 75.4 Å². The molecule has 2 aromatic carbocycles. The summed E-state index contributed by atoms with van der Waals surface area (Å²) in [5.41, 5.74) is 4.65. The van der Waals surface area contributed by atoms with E-state index in [1.54, 1.807) is 21.8 Å². The van der Waals surface area contributed by atoms with E-state index >= 15 is 0 Å². The van der Waals surface area contributed by atoms with Crippen LogP contribution in [0.4, 0.5) is 4.79 Å². The van der Waals surface area contributed by atoms with E-state index in [9.17, 15) is 43.2 Å². The Kier molecular flexibility index (Phi) is 20.2. The molecule has 2 aliphatic heterocycles. The quantitative estimate of drug-likeness (QED) is 0.0406. The van der Waals surface area contributed by atoms with Gasteiger partial charge >= 0.3 is 30.0 Å². The average molecular weight is 1470 g/mol. The Morgan fingerprint density at radius 3 is 1.36 bits per heavy atom. The third-order valence-electron chi connectivity index (χ3n) is 29.5. The molecule has 3 aromatic heterocycles. The van der Waals surface area contributed by atoms with Crippen molar-refractivity contribution in [3.63, 3.8) is 0 Å². The summed E-state index contributed by atoms with van der Waals surface area (Å²) in [6, 6.07) is 12.3. The summed E-state index contributed by atoms with van der Waals surface area (Å²) in [6.07, 6.45) is 24.2. The summed E-state index contributed by atoms with van der Waals surface area (Å²) in [6.45, 7) is 20.6. The van der Waals surface area contributed by atoms with E-state index in [0.29, 0.717) is 112 Å². The monoisotopic (exact) mass is 1470 g/mol. The van der Waals surface area contributed by atoms with Crippen LogP contribution in [0.1, 0.15) is 229 Å². The Morgan fingerprint density at radius 1 is 0.523 bits per heavy atom. The molecule has 10 aliphatic rings. The zero-order valence-electron chi connectivity index (χ0n) is 64.2. The summed E-state index contributed by atoms with van der Waals surface area (Å²) in [7, 11) is 0. The minimum Gasteiger partial charge on any atom is -0.461 e. The number of hydroxylamine groups is 4. The van der Waals surface area contributed by atoms with Crippen LogP contribution in [0.3, 0.4) is 0 Å². The molecule has 8 unspecified atom stereocenters. The average Bonchev–Trinajstić information content (AvgIpc) is 1.72. The second-order valence-corrected chi connectivity index (χ2v) is 36.3. The first-order valence-electron chi connectivity index (χ1n) is 40.4. The van der Waals surface area contributed by atoms with Gasteiger partial charge in [0.2, 0.25) is 0 Å². The molecule has 5 heterocycles. The number of amides is 5. The van der Waals surface area contributed by atoms with Gasteiger partial charge in [-0.05, 0) is 254 Å². The fraction of sp³-hybridized carbons (Fsp3) is 0.699. The standard InChI is InChI=1S/C83H110N10O14/c1-48(10-28-74(98)106-92-70(94)24-25-71(92)95)60-20-22-62-58-18-14-52-42-54(30-34-80(52,6)64(58)32-36-82(60,62)8)103-76(100)46-89-44-66(85-87-89)50-12-16-56-57-17-13-51(41-69(57)91(68(56)40-50)39-38-84-78(102)105-79(3,4)5)67-45-90(88-86-67)47-77(101)104-55-31-35-81(7)53(43-55)15-19-59-63-23-21-61(83(63,9)37-33-65(59)81)49(2)11-29-75(99)107-93-72(96)26-27-73(93)97/h12-13,16-17,40-41,44-45,48-49,52-55,58-65H,10-11,14-15,18-39,42-43,46-47H2,1-9H3,(H,84,102)/t48-,49-,52-,53+,54-,55-,58+,59+,60?,61?,62+,63+,64?,65?,80?,81?,82?,83?/m1/s1. The van der Waals surface area contributed by atoms with Crippen LogP contribution in [0, 0.1) is 92.7 Å². The highest BCUT2D eigenvalue weighted by atomic mass is 16.7. The van der Waals surface area contributed by atoms with Crippen molar-refractivity contribution < 1.29 is 67.0 Å². The first-order valence-corrected chi connectivity index (χ1v) is 40.4. The van der Waals surface area contributed by atoms with Crippen molar-refractivity contribution in [1.29, 1.82) is 0 Å². The number of esters is 2. The summed E-state index contributed by atoms with van der Waals surface area (Å²) >= 11 is 0. The van der Waals surface area contributed by atoms with Crippen LogP contribution in [0.2, 0.25) is 0 Å². The Labute approximate surface area is 626 Å². The van der Waals surface area contributed by atoms with E-state index in [1.165, 1.54) is 51.4 Å². The van der Waals surface area contributed by atoms with E-state index < -0.39 is 47.3 Å². The minimum atomic E-state index is -0.675. The van der Waals surface area contributed by atoms with Gasteiger partial charge in [0, 0.05) is 84.5 Å². The first-order chi connectivity index (χ1) is 51.0. The van der Waals surface area contributed by atoms with Gasteiger partial charge in [0.15, 0.2) is 0 Å². The molecule has 0 radical (unpaired) electrons. The second kappa shape index (κ2) is 29.1. The zero-order chi connectivity index (χ0) is 75.2. The number of imide groups is 2. The lowest BCUT2D eigenvalue weighted by Crippen LogP contribution is -2.54. The first kappa shape index (κ1) is 74.4. The zero-order valence-corrected chi connectivity index (χ0v) is 64.2. The Morgan fingerprint density at radius 2 is 0.935 bits per heavy atom. The van der Waals surface area contributed by atoms with Gasteiger partial charge in [-0.2, -0.15) is 0 Å². The van der Waals surface area contributed by atoms with Crippen molar-refractivity contribution in [1.82, 2.24) is 50.0 Å². The minimum absolute atomic E-state index is 0.0706. The molecular formula is C83H110N10O14. The van der Waals surface area contributed by atoms with Gasteiger partial charge < -0.3 is 33.8 Å². The maximum absolute atomic E-state index is 13.8. The number of benzene rings is 2. The molecule has 5 amide bonds. The molecule has 8 saturated carbocycles. The number of hydrogen-bond acceptors (Lipinski definition) is 18. The van der Waals surface area contributed by atoms with Crippen molar-refractivity contribution in [2.75, 3.05) is 6.54 Å². The number of carbonyl (C=O) groups is 9. The molecule has 24 nitrogen and oxygen atoms in total. The number of ether oxygens (including phenoxy) is 3. The third-order valence-corrected chi connectivity index (χ3v) is 29.5. The number of aromatic nitrogens is 7. The van der Waals surface area contributed by atoms with Gasteiger partial charge in [-0.15, -0.1) is 20.3 Å². The highest BCUT2D eigenvalue weighted by Gasteiger charge is 2.63. The van der Waals surface area contributed by atoms with Crippen molar-refractivity contribution in [2.45, 2.75) is 267 Å². The Bertz CT molecular complexity index is 4020. The van der Waals surface area contributed by atoms with E-state index in [1.807, 2.05) is 32.9 Å². The molecule has 0 bridgehead atoms. The van der Waals surface area contributed by atoms with Gasteiger partial charge in [-0.1, -0.05) is 76.2 Å². The molecule has 1 N–H and O–H groups in total. The van der Waals surface area contributed by atoms with E-state index in [2.05, 4.69) is 96.3 Å². The lowest BCUT2D eigenvalue weighted by atomic mass is 9.44. The highest BCUT2D eigenvalue weighted by molar-refractivity contribution is 6.10. The van der Waals surface area contributed by atoms with Gasteiger partial charge in [0.1, 0.15) is 42.3 Å². The normalized spacial score (nSPS) is 33.1. The fourth-order valence-corrected chi connectivity index (χ4v) is 24.3. The number of hydrogen-bond donors (Lipinski definition) is 1. The SMILES string of the molecule is C[C@H](CCC(=O)ON1C(=O)CCC1=O)C1CC[C@H]2[C@@H]3CC[C@@H]4C[C@H](OC(=O)Cn5cc(-c6ccc7c8ccc(-c9cn(CC(=O)O[C@@H]%10CCC%11(C)C%12CCC%13(C)C([C@H](C)CCC(=O)ON%14C(=O)CCC%14=O)CC[C@H]%13[C@@H]%12CC[C@H]%11C%10)nn9)cc8n(CCNC(=O)OC(C)(C)C)c7c6)nn5)CCC4(C)C3CCC12C. The van der Waals surface area contributed by atoms with Crippen LogP contribution in [0.25, 0.3) is 44.3 Å². The van der Waals surface area contributed by atoms with E-state index in [4.69, 9.17) is 23.9 Å². The highest BCUT2D eigenvalue weighted by Crippen LogP contribution is 2.71. The van der Waals surface area contributed by atoms with Crippen LogP contribution in [-0.2, 0) is 81.9 Å². The maximum Gasteiger partial charge on any atom is 0.407 e. The van der Waals surface area contributed by atoms with Crippen LogP contribution < -0.4 is 5.32 Å². The number of rotatable bonds is 21. The molecular weight excluding hydrogens is 1360 g/mol. The molecule has 24 heteroatoms. The maximum atomic E-state index is 13.8. The lowest BCUT2D eigenvalue weighted by Gasteiger charge is -2.61. The third kappa shape index (κ3) is 14.3.